The summed E-state index contributed by atoms with van der Waals surface area (Å²) in [5.74, 6) is 0. The van der Waals surface area contributed by atoms with E-state index in [-0.39, 0.29) is 13.2 Å². The summed E-state index contributed by atoms with van der Waals surface area (Å²) in [5.41, 5.74) is 0. The van der Waals surface area contributed by atoms with Crippen LogP contribution in [0.5, 0.6) is 0 Å². The molecule has 0 spiro atoms. The van der Waals surface area contributed by atoms with Gasteiger partial charge in [0, 0.05) is 6.61 Å². The van der Waals surface area contributed by atoms with Gasteiger partial charge in [-0.15, -0.1) is 0 Å². The van der Waals surface area contributed by atoms with Crippen molar-refractivity contribution in [3.05, 3.63) is 0 Å². The molecule has 0 bridgehead atoms. The number of aliphatic hydroxyl groups is 2. The molecule has 2 atom stereocenters. The minimum Gasteiger partial charge on any atom is -0.437 e. The Morgan fingerprint density at radius 1 is 0.606 bits per heavy atom. The van der Waals surface area contributed by atoms with E-state index >= 15 is 0 Å². The van der Waals surface area contributed by atoms with Crippen LogP contribution in [0.3, 0.4) is 0 Å². The smallest absolute Gasteiger partial charge is 0.315 e. The standard InChI is InChI=1S/C23H56O6Si4/c1-30(2,3)27-32(7,8)29-33(9,28-31(4,5)6)20-18-16-14-12-10-11-13-15-17-19-26-22-23(25)21-24/h23-25H,10-22H2,1-9H3. The molecule has 0 saturated carbocycles. The normalized spacial score (nSPS) is 16.1. The Balaban J connectivity index is 4.11. The van der Waals surface area contributed by atoms with Crippen molar-refractivity contribution in [2.75, 3.05) is 19.8 Å². The highest BCUT2D eigenvalue weighted by Gasteiger charge is 2.44. The molecular formula is C23H56O6Si4. The highest BCUT2D eigenvalue weighted by Crippen LogP contribution is 2.28. The Kier molecular flexibility index (Phi) is 16.7. The van der Waals surface area contributed by atoms with Gasteiger partial charge in [-0.2, -0.15) is 0 Å². The van der Waals surface area contributed by atoms with Crippen molar-refractivity contribution in [1.82, 2.24) is 0 Å². The zero-order chi connectivity index (χ0) is 25.6. The highest BCUT2D eigenvalue weighted by molar-refractivity contribution is 6.89. The summed E-state index contributed by atoms with van der Waals surface area (Å²) in [6.45, 7) is 20.8. The lowest BCUT2D eigenvalue weighted by Gasteiger charge is -2.41. The van der Waals surface area contributed by atoms with Crippen molar-refractivity contribution in [2.45, 2.75) is 129 Å². The average molecular weight is 541 g/mol. The number of hydrogen-bond acceptors (Lipinski definition) is 6. The predicted molar refractivity (Wildman–Crippen MR) is 149 cm³/mol. The van der Waals surface area contributed by atoms with E-state index in [1.807, 2.05) is 0 Å². The van der Waals surface area contributed by atoms with E-state index in [9.17, 15) is 5.11 Å². The van der Waals surface area contributed by atoms with Gasteiger partial charge in [0.25, 0.3) is 0 Å². The van der Waals surface area contributed by atoms with Crippen LogP contribution in [0.15, 0.2) is 0 Å². The lowest BCUT2D eigenvalue weighted by molar-refractivity contribution is 0.00526. The lowest BCUT2D eigenvalue weighted by Crippen LogP contribution is -2.56. The third-order valence-corrected chi connectivity index (χ3v) is 18.5. The number of unbranched alkanes of at least 4 members (excludes halogenated alkanes) is 8. The zero-order valence-electron chi connectivity index (χ0n) is 23.3. The Morgan fingerprint density at radius 2 is 1.06 bits per heavy atom. The monoisotopic (exact) mass is 540 g/mol. The van der Waals surface area contributed by atoms with E-state index in [4.69, 9.17) is 22.2 Å². The molecule has 0 aromatic rings. The molecule has 6 nitrogen and oxygen atoms in total. The SMILES string of the molecule is C[Si](C)(C)O[Si](C)(C)O[Si](C)(CCCCCCCCCCCOCC(O)CO)O[Si](C)(C)C. The second-order valence-corrected chi connectivity index (χ2v) is 28.4. The quantitative estimate of drug-likeness (QED) is 0.130. The molecule has 33 heavy (non-hydrogen) atoms. The molecular weight excluding hydrogens is 485 g/mol. The van der Waals surface area contributed by atoms with Crippen molar-refractivity contribution < 1.29 is 27.3 Å². The van der Waals surface area contributed by atoms with Crippen LogP contribution in [-0.4, -0.2) is 69.9 Å². The van der Waals surface area contributed by atoms with E-state index in [1.54, 1.807) is 0 Å². The van der Waals surface area contributed by atoms with Gasteiger partial charge in [0.2, 0.25) is 0 Å². The molecule has 0 aliphatic carbocycles. The molecule has 200 valence electrons. The van der Waals surface area contributed by atoms with Gasteiger partial charge in [-0.3, -0.25) is 0 Å². The summed E-state index contributed by atoms with van der Waals surface area (Å²) in [7, 11) is -7.76. The maximum Gasteiger partial charge on any atom is 0.315 e. The fourth-order valence-corrected chi connectivity index (χ4v) is 22.2. The van der Waals surface area contributed by atoms with Crippen molar-refractivity contribution in [3.63, 3.8) is 0 Å². The Hall–Kier alpha value is 0.628. The number of ether oxygens (including phenoxy) is 1. The Bertz CT molecular complexity index is 496. The van der Waals surface area contributed by atoms with Crippen molar-refractivity contribution >= 4 is 33.8 Å². The number of rotatable bonds is 21. The van der Waals surface area contributed by atoms with E-state index in [1.165, 1.54) is 51.4 Å². The van der Waals surface area contributed by atoms with Crippen LogP contribution in [0.4, 0.5) is 0 Å². The van der Waals surface area contributed by atoms with Crippen LogP contribution >= 0.6 is 0 Å². The second-order valence-electron chi connectivity index (χ2n) is 11.9. The maximum atomic E-state index is 9.22. The van der Waals surface area contributed by atoms with E-state index in [0.29, 0.717) is 6.61 Å². The first-order valence-electron chi connectivity index (χ1n) is 13.0. The van der Waals surface area contributed by atoms with Crippen LogP contribution in [-0.2, 0) is 17.1 Å². The van der Waals surface area contributed by atoms with Gasteiger partial charge in [-0.05, 0) is 71.4 Å². The average Bonchev–Trinajstić information content (AvgIpc) is 2.60. The molecule has 0 aliphatic rings. The lowest BCUT2D eigenvalue weighted by atomic mass is 10.1. The van der Waals surface area contributed by atoms with Crippen molar-refractivity contribution in [2.24, 2.45) is 0 Å². The van der Waals surface area contributed by atoms with Gasteiger partial charge >= 0.3 is 17.1 Å². The molecule has 0 aliphatic heterocycles. The predicted octanol–water partition coefficient (Wildman–Crippen LogP) is 6.36. The van der Waals surface area contributed by atoms with Gasteiger partial charge in [-0.1, -0.05) is 51.4 Å². The van der Waals surface area contributed by atoms with Gasteiger partial charge in [-0.25, -0.2) is 0 Å². The fourth-order valence-electron chi connectivity index (χ4n) is 4.21. The minimum atomic E-state index is -2.25. The van der Waals surface area contributed by atoms with Crippen molar-refractivity contribution in [1.29, 1.82) is 0 Å². The first kappa shape index (κ1) is 33.6. The molecule has 0 amide bonds. The number of hydrogen-bond donors (Lipinski definition) is 2. The van der Waals surface area contributed by atoms with Crippen LogP contribution in [0.1, 0.15) is 57.8 Å². The molecule has 0 saturated heterocycles. The summed E-state index contributed by atoms with van der Waals surface area (Å²) in [5, 5.41) is 18.0. The fraction of sp³-hybridized carbons (Fsp3) is 1.00. The Morgan fingerprint density at radius 3 is 1.52 bits per heavy atom. The molecule has 2 N–H and O–H groups in total. The van der Waals surface area contributed by atoms with E-state index < -0.39 is 39.9 Å². The van der Waals surface area contributed by atoms with Crippen LogP contribution in [0.25, 0.3) is 0 Å². The molecule has 2 unspecified atom stereocenters. The van der Waals surface area contributed by atoms with Crippen LogP contribution < -0.4 is 0 Å². The van der Waals surface area contributed by atoms with Gasteiger partial charge < -0.3 is 27.3 Å². The summed E-state index contributed by atoms with van der Waals surface area (Å²) in [6.07, 6.45) is 10.3. The molecule has 0 rings (SSSR count). The summed E-state index contributed by atoms with van der Waals surface area (Å²) in [4.78, 5) is 0. The van der Waals surface area contributed by atoms with Gasteiger partial charge in [0.1, 0.15) is 6.10 Å². The zero-order valence-corrected chi connectivity index (χ0v) is 27.3. The Labute approximate surface area is 209 Å². The van der Waals surface area contributed by atoms with Crippen LogP contribution in [0, 0.1) is 0 Å². The van der Waals surface area contributed by atoms with Gasteiger partial charge in [0.05, 0.1) is 13.2 Å². The van der Waals surface area contributed by atoms with Gasteiger partial charge in [0.15, 0.2) is 16.6 Å². The summed E-state index contributed by atoms with van der Waals surface area (Å²) in [6, 6.07) is 1.06. The highest BCUT2D eigenvalue weighted by atomic mass is 28.5. The molecule has 10 heteroatoms. The first-order valence-corrected chi connectivity index (χ1v) is 25.2. The number of aliphatic hydroxyl groups excluding tert-OH is 2. The van der Waals surface area contributed by atoms with E-state index in [0.717, 1.165) is 12.5 Å². The minimum absolute atomic E-state index is 0.230. The molecule has 0 aromatic carbocycles. The third-order valence-electron chi connectivity index (χ3n) is 4.98. The second kappa shape index (κ2) is 16.4. The topological polar surface area (TPSA) is 77.4 Å². The third kappa shape index (κ3) is 21.6. The van der Waals surface area contributed by atoms with E-state index in [2.05, 4.69) is 58.9 Å². The molecule has 0 aromatic heterocycles. The van der Waals surface area contributed by atoms with Crippen molar-refractivity contribution in [3.8, 4) is 0 Å². The first-order chi connectivity index (χ1) is 15.1. The summed E-state index contributed by atoms with van der Waals surface area (Å²) < 4.78 is 25.2. The molecule has 0 heterocycles. The van der Waals surface area contributed by atoms with Crippen LogP contribution in [0.2, 0.25) is 65.0 Å². The molecule has 0 fully saturated rings. The largest absolute Gasteiger partial charge is 0.437 e. The molecule has 0 radical (unpaired) electrons. The maximum absolute atomic E-state index is 9.22. The summed E-state index contributed by atoms with van der Waals surface area (Å²) >= 11 is 0.